The van der Waals surface area contributed by atoms with Crippen LogP contribution in [0, 0.1) is 9.39 Å². The summed E-state index contributed by atoms with van der Waals surface area (Å²) < 4.78 is 14.9. The number of carbonyl (C=O) groups is 1. The number of rotatable bonds is 2. The van der Waals surface area contributed by atoms with Crippen LogP contribution in [0.15, 0.2) is 36.7 Å². The average Bonchev–Trinajstić information content (AvgIpc) is 2.84. The normalized spacial score (nSPS) is 10.9. The van der Waals surface area contributed by atoms with Crippen molar-refractivity contribution in [1.82, 2.24) is 9.97 Å². The maximum absolute atomic E-state index is 14.0. The smallest absolute Gasteiger partial charge is 0.198 e. The van der Waals surface area contributed by atoms with Crippen LogP contribution in [-0.4, -0.2) is 15.8 Å². The van der Waals surface area contributed by atoms with Gasteiger partial charge in [0, 0.05) is 26.9 Å². The maximum atomic E-state index is 14.0. The minimum Gasteiger partial charge on any atom is -0.396 e. The molecule has 0 atom stereocenters. The molecule has 0 saturated carbocycles. The minimum absolute atomic E-state index is 0.0373. The molecule has 1 aromatic carbocycles. The van der Waals surface area contributed by atoms with Crippen molar-refractivity contribution in [2.45, 2.75) is 0 Å². The molecule has 3 N–H and O–H groups in total. The number of hydrogen-bond donors (Lipinski definition) is 2. The number of pyridine rings is 1. The summed E-state index contributed by atoms with van der Waals surface area (Å²) in [4.78, 5) is 19.6. The van der Waals surface area contributed by atoms with Crippen molar-refractivity contribution in [3.63, 3.8) is 0 Å². The van der Waals surface area contributed by atoms with Crippen LogP contribution in [0.25, 0.3) is 11.0 Å². The lowest BCUT2D eigenvalue weighted by atomic mass is 10.0. The fraction of sp³-hybridized carbons (Fsp3) is 0. The Hall–Kier alpha value is -1.96. The van der Waals surface area contributed by atoms with Crippen LogP contribution in [0.1, 0.15) is 15.9 Å². The number of nitrogens with zero attached hydrogens (tertiary/aromatic N) is 1. The summed E-state index contributed by atoms with van der Waals surface area (Å²) in [6.07, 6.45) is 3.23. The van der Waals surface area contributed by atoms with E-state index in [0.717, 1.165) is 3.57 Å². The van der Waals surface area contributed by atoms with Crippen LogP contribution < -0.4 is 5.73 Å². The van der Waals surface area contributed by atoms with Gasteiger partial charge in [-0.25, -0.2) is 9.37 Å². The quantitative estimate of drug-likeness (QED) is 0.407. The summed E-state index contributed by atoms with van der Waals surface area (Å²) in [6, 6.07) is 6.24. The first-order valence-electron chi connectivity index (χ1n) is 5.79. The predicted octanol–water partition coefficient (Wildman–Crippen LogP) is 3.12. The lowest BCUT2D eigenvalue weighted by Gasteiger charge is -2.03. The third-order valence-electron chi connectivity index (χ3n) is 3.02. The number of benzene rings is 1. The van der Waals surface area contributed by atoms with Crippen LogP contribution in [0.2, 0.25) is 0 Å². The van der Waals surface area contributed by atoms with Gasteiger partial charge in [-0.15, -0.1) is 0 Å². The Morgan fingerprint density at radius 3 is 2.95 bits per heavy atom. The van der Waals surface area contributed by atoms with Crippen LogP contribution >= 0.6 is 22.6 Å². The molecular formula is C14H9FIN3O. The highest BCUT2D eigenvalue weighted by Gasteiger charge is 2.19. The second kappa shape index (κ2) is 4.86. The number of nitrogen functional groups attached to an aromatic ring is 1. The Morgan fingerprint density at radius 1 is 1.35 bits per heavy atom. The summed E-state index contributed by atoms with van der Waals surface area (Å²) in [7, 11) is 0. The molecule has 0 radical (unpaired) electrons. The molecule has 0 fully saturated rings. The lowest BCUT2D eigenvalue weighted by molar-refractivity contribution is 0.103. The number of carbonyl (C=O) groups excluding carboxylic acids is 1. The fourth-order valence-corrected chi connectivity index (χ4v) is 2.49. The fourth-order valence-electron chi connectivity index (χ4n) is 2.04. The monoisotopic (exact) mass is 381 g/mol. The van der Waals surface area contributed by atoms with Gasteiger partial charge in [0.1, 0.15) is 5.65 Å². The molecule has 6 heteroatoms. The molecule has 0 bridgehead atoms. The molecule has 100 valence electrons. The number of H-pyrrole nitrogens is 1. The molecule has 0 aliphatic carbocycles. The third kappa shape index (κ3) is 2.05. The van der Waals surface area contributed by atoms with Gasteiger partial charge in [0.15, 0.2) is 11.6 Å². The van der Waals surface area contributed by atoms with Crippen LogP contribution in [0.5, 0.6) is 0 Å². The van der Waals surface area contributed by atoms with Gasteiger partial charge in [0.25, 0.3) is 0 Å². The molecule has 2 aromatic heterocycles. The minimum atomic E-state index is -0.689. The molecule has 3 rings (SSSR count). The number of ketones is 1. The third-order valence-corrected chi connectivity index (χ3v) is 3.61. The van der Waals surface area contributed by atoms with E-state index in [0.29, 0.717) is 16.6 Å². The van der Waals surface area contributed by atoms with E-state index in [1.54, 1.807) is 18.5 Å². The second-order valence-electron chi connectivity index (χ2n) is 4.29. The zero-order valence-corrected chi connectivity index (χ0v) is 12.3. The van der Waals surface area contributed by atoms with Gasteiger partial charge in [-0.3, -0.25) is 4.79 Å². The Labute approximate surface area is 127 Å². The Morgan fingerprint density at radius 2 is 2.15 bits per heavy atom. The highest BCUT2D eigenvalue weighted by molar-refractivity contribution is 14.1. The van der Waals surface area contributed by atoms with Crippen LogP contribution in [0.4, 0.5) is 10.1 Å². The maximum Gasteiger partial charge on any atom is 0.198 e. The number of fused-ring (bicyclic) bond motifs is 1. The lowest BCUT2D eigenvalue weighted by Crippen LogP contribution is -2.06. The van der Waals surface area contributed by atoms with E-state index in [-0.39, 0.29) is 11.3 Å². The van der Waals surface area contributed by atoms with Gasteiger partial charge < -0.3 is 10.7 Å². The first kappa shape index (κ1) is 13.0. The first-order valence-corrected chi connectivity index (χ1v) is 6.87. The SMILES string of the molecule is Nc1cccc(C(=O)c2c[nH]c3ncc(I)cc23)c1F. The van der Waals surface area contributed by atoms with Crippen molar-refractivity contribution >= 4 is 45.1 Å². The molecule has 0 saturated heterocycles. The number of halogens is 2. The number of aromatic nitrogens is 2. The van der Waals surface area contributed by atoms with Crippen molar-refractivity contribution in [2.75, 3.05) is 5.73 Å². The highest BCUT2D eigenvalue weighted by atomic mass is 127. The van der Waals surface area contributed by atoms with Crippen molar-refractivity contribution in [2.24, 2.45) is 0 Å². The summed E-state index contributed by atoms with van der Waals surface area (Å²) in [6.45, 7) is 0. The van der Waals surface area contributed by atoms with Gasteiger partial charge in [0.2, 0.25) is 0 Å². The molecule has 0 spiro atoms. The number of anilines is 1. The van der Waals surface area contributed by atoms with Crippen molar-refractivity contribution in [3.05, 3.63) is 57.2 Å². The largest absolute Gasteiger partial charge is 0.396 e. The van der Waals surface area contributed by atoms with Gasteiger partial charge in [0.05, 0.1) is 11.3 Å². The van der Waals surface area contributed by atoms with E-state index in [1.165, 1.54) is 12.1 Å². The number of nitrogens with one attached hydrogen (secondary N) is 1. The van der Waals surface area contributed by atoms with E-state index in [1.807, 2.05) is 6.07 Å². The average molecular weight is 381 g/mol. The molecule has 0 amide bonds. The molecule has 0 aliphatic rings. The van der Waals surface area contributed by atoms with Gasteiger partial charge in [-0.05, 0) is 40.8 Å². The molecule has 2 heterocycles. The summed E-state index contributed by atoms with van der Waals surface area (Å²) in [5.41, 5.74) is 6.40. The number of hydrogen-bond acceptors (Lipinski definition) is 3. The molecule has 4 nitrogen and oxygen atoms in total. The van der Waals surface area contributed by atoms with Crippen molar-refractivity contribution in [1.29, 1.82) is 0 Å². The number of aromatic amines is 1. The summed E-state index contributed by atoms with van der Waals surface area (Å²) >= 11 is 2.11. The predicted molar refractivity (Wildman–Crippen MR) is 83.1 cm³/mol. The van der Waals surface area contributed by atoms with E-state index in [4.69, 9.17) is 5.73 Å². The molecule has 0 aliphatic heterocycles. The van der Waals surface area contributed by atoms with Gasteiger partial charge in [-0.1, -0.05) is 6.07 Å². The van der Waals surface area contributed by atoms with Crippen LogP contribution in [-0.2, 0) is 0 Å². The van der Waals surface area contributed by atoms with Crippen LogP contribution in [0.3, 0.4) is 0 Å². The van der Waals surface area contributed by atoms with Crippen molar-refractivity contribution < 1.29 is 9.18 Å². The topological polar surface area (TPSA) is 71.8 Å². The summed E-state index contributed by atoms with van der Waals surface area (Å²) in [5.74, 6) is -1.10. The molecule has 0 unspecified atom stereocenters. The second-order valence-corrected chi connectivity index (χ2v) is 5.54. The Bertz CT molecular complexity index is 828. The van der Waals surface area contributed by atoms with E-state index in [2.05, 4.69) is 32.6 Å². The van der Waals surface area contributed by atoms with Crippen molar-refractivity contribution in [3.8, 4) is 0 Å². The molecule has 20 heavy (non-hydrogen) atoms. The Balaban J connectivity index is 2.18. The highest BCUT2D eigenvalue weighted by Crippen LogP contribution is 2.24. The Kier molecular flexibility index (Phi) is 3.17. The standard InChI is InChI=1S/C14H9FIN3O/c15-12-8(2-1-3-11(12)17)13(20)10-6-19-14-9(10)4-7(16)5-18-14/h1-6H,17H2,(H,18,19). The molecule has 3 aromatic rings. The summed E-state index contributed by atoms with van der Waals surface area (Å²) in [5, 5.41) is 0.670. The van der Waals surface area contributed by atoms with E-state index >= 15 is 0 Å². The van der Waals surface area contributed by atoms with Gasteiger partial charge >= 0.3 is 0 Å². The zero-order chi connectivity index (χ0) is 14.3. The zero-order valence-electron chi connectivity index (χ0n) is 10.2. The van der Waals surface area contributed by atoms with E-state index in [9.17, 15) is 9.18 Å². The van der Waals surface area contributed by atoms with Gasteiger partial charge in [-0.2, -0.15) is 0 Å². The first-order chi connectivity index (χ1) is 9.58. The molecular weight excluding hydrogens is 372 g/mol. The van der Waals surface area contributed by atoms with E-state index < -0.39 is 11.6 Å². The number of nitrogens with two attached hydrogens (primary N) is 1.